The molecule has 2 aliphatic heterocycles. The lowest BCUT2D eigenvalue weighted by atomic mass is 9.88. The van der Waals surface area contributed by atoms with E-state index in [1.807, 2.05) is 35.2 Å². The third kappa shape index (κ3) is 3.76. The molecule has 2 aromatic heterocycles. The number of ether oxygens (including phenoxy) is 2. The van der Waals surface area contributed by atoms with Gasteiger partial charge < -0.3 is 14.4 Å². The number of aromatic nitrogens is 2. The molecule has 0 bridgehead atoms. The number of carbonyl (C=O) groups excluding carboxylic acids is 1. The van der Waals surface area contributed by atoms with Gasteiger partial charge >= 0.3 is 0 Å². The third-order valence-corrected chi connectivity index (χ3v) is 5.21. The van der Waals surface area contributed by atoms with Crippen LogP contribution in [0.1, 0.15) is 35.4 Å². The van der Waals surface area contributed by atoms with E-state index in [-0.39, 0.29) is 17.6 Å². The van der Waals surface area contributed by atoms with Crippen LogP contribution in [0.25, 0.3) is 0 Å². The fourth-order valence-electron chi connectivity index (χ4n) is 3.71. The van der Waals surface area contributed by atoms with Crippen molar-refractivity contribution in [3.8, 4) is 0 Å². The molecule has 4 rings (SSSR count). The minimum Gasteiger partial charge on any atom is -0.372 e. The van der Waals surface area contributed by atoms with Gasteiger partial charge in [-0.1, -0.05) is 12.1 Å². The van der Waals surface area contributed by atoms with Crippen molar-refractivity contribution in [2.45, 2.75) is 37.6 Å². The standard InChI is InChI=1S/C20H23N3O3/c24-19(18-6-2-4-10-22-18)23-11-7-20(8-12-23)13-17(15-26-20)25-14-16-5-1-3-9-21-16/h1-6,9-10,17H,7-8,11-15H2/t17-/m0/s1. The van der Waals surface area contributed by atoms with Gasteiger partial charge in [0.25, 0.3) is 5.91 Å². The molecule has 0 saturated carbocycles. The fraction of sp³-hybridized carbons (Fsp3) is 0.450. The van der Waals surface area contributed by atoms with Crippen LogP contribution >= 0.6 is 0 Å². The molecule has 26 heavy (non-hydrogen) atoms. The summed E-state index contributed by atoms with van der Waals surface area (Å²) in [4.78, 5) is 22.8. The van der Waals surface area contributed by atoms with Crippen LogP contribution in [-0.4, -0.2) is 52.2 Å². The Labute approximate surface area is 153 Å². The molecule has 1 amide bonds. The molecule has 136 valence electrons. The second kappa shape index (κ2) is 7.51. The van der Waals surface area contributed by atoms with Crippen LogP contribution in [0, 0.1) is 0 Å². The normalized spacial score (nSPS) is 21.8. The van der Waals surface area contributed by atoms with E-state index in [1.54, 1.807) is 18.5 Å². The Balaban J connectivity index is 1.28. The average Bonchev–Trinajstić information content (AvgIpc) is 3.10. The summed E-state index contributed by atoms with van der Waals surface area (Å²) in [6, 6.07) is 11.3. The van der Waals surface area contributed by atoms with E-state index in [9.17, 15) is 4.79 Å². The van der Waals surface area contributed by atoms with Crippen molar-refractivity contribution >= 4 is 5.91 Å². The molecule has 0 N–H and O–H groups in total. The third-order valence-electron chi connectivity index (χ3n) is 5.21. The zero-order chi connectivity index (χ0) is 17.8. The van der Waals surface area contributed by atoms with Crippen molar-refractivity contribution in [1.29, 1.82) is 0 Å². The second-order valence-corrected chi connectivity index (χ2v) is 6.96. The maximum Gasteiger partial charge on any atom is 0.272 e. The predicted octanol–water partition coefficient (Wildman–Crippen LogP) is 2.46. The van der Waals surface area contributed by atoms with Crippen LogP contribution in [0.2, 0.25) is 0 Å². The highest BCUT2D eigenvalue weighted by atomic mass is 16.6. The summed E-state index contributed by atoms with van der Waals surface area (Å²) in [6.45, 7) is 2.51. The van der Waals surface area contributed by atoms with Crippen molar-refractivity contribution in [3.63, 3.8) is 0 Å². The van der Waals surface area contributed by atoms with E-state index in [0.29, 0.717) is 32.0 Å². The highest BCUT2D eigenvalue weighted by molar-refractivity contribution is 5.92. The number of rotatable bonds is 4. The highest BCUT2D eigenvalue weighted by Gasteiger charge is 2.44. The van der Waals surface area contributed by atoms with Crippen molar-refractivity contribution in [1.82, 2.24) is 14.9 Å². The number of hydrogen-bond acceptors (Lipinski definition) is 5. The first-order valence-electron chi connectivity index (χ1n) is 9.10. The molecule has 2 aromatic rings. The summed E-state index contributed by atoms with van der Waals surface area (Å²) in [5.74, 6) is 0.00130. The Bertz CT molecular complexity index is 730. The molecule has 0 aliphatic carbocycles. The molecular formula is C20H23N3O3. The van der Waals surface area contributed by atoms with E-state index in [2.05, 4.69) is 9.97 Å². The quantitative estimate of drug-likeness (QED) is 0.845. The molecule has 6 heteroatoms. The summed E-state index contributed by atoms with van der Waals surface area (Å²) in [5, 5.41) is 0. The Morgan fingerprint density at radius 1 is 1.15 bits per heavy atom. The van der Waals surface area contributed by atoms with Crippen LogP contribution in [0.5, 0.6) is 0 Å². The molecule has 0 radical (unpaired) electrons. The van der Waals surface area contributed by atoms with Crippen LogP contribution in [0.4, 0.5) is 0 Å². The molecule has 0 unspecified atom stereocenters. The van der Waals surface area contributed by atoms with E-state index in [4.69, 9.17) is 9.47 Å². The first kappa shape index (κ1) is 17.1. The zero-order valence-corrected chi connectivity index (χ0v) is 14.7. The van der Waals surface area contributed by atoms with E-state index in [0.717, 1.165) is 25.0 Å². The van der Waals surface area contributed by atoms with Crippen LogP contribution in [-0.2, 0) is 16.1 Å². The van der Waals surface area contributed by atoms with Gasteiger partial charge in [-0.3, -0.25) is 14.8 Å². The first-order chi connectivity index (χ1) is 12.7. The minimum atomic E-state index is -0.157. The summed E-state index contributed by atoms with van der Waals surface area (Å²) in [5.41, 5.74) is 1.28. The van der Waals surface area contributed by atoms with Crippen LogP contribution in [0.3, 0.4) is 0 Å². The molecule has 2 fully saturated rings. The molecule has 1 atom stereocenters. The van der Waals surface area contributed by atoms with E-state index >= 15 is 0 Å². The van der Waals surface area contributed by atoms with Gasteiger partial charge in [0.15, 0.2) is 0 Å². The zero-order valence-electron chi connectivity index (χ0n) is 14.7. The number of likely N-dealkylation sites (tertiary alicyclic amines) is 1. The lowest BCUT2D eigenvalue weighted by Gasteiger charge is -2.38. The summed E-state index contributed by atoms with van der Waals surface area (Å²) in [6.07, 6.45) is 6.09. The van der Waals surface area contributed by atoms with Crippen molar-refractivity contribution in [2.75, 3.05) is 19.7 Å². The SMILES string of the molecule is O=C(c1ccccn1)N1CCC2(CC1)C[C@H](OCc1ccccn1)CO2. The van der Waals surface area contributed by atoms with Gasteiger partial charge in [0.1, 0.15) is 5.69 Å². The predicted molar refractivity (Wildman–Crippen MR) is 95.5 cm³/mol. The highest BCUT2D eigenvalue weighted by Crippen LogP contribution is 2.37. The van der Waals surface area contributed by atoms with Gasteiger partial charge in [0.2, 0.25) is 0 Å². The molecule has 4 heterocycles. The van der Waals surface area contributed by atoms with Gasteiger partial charge in [0.05, 0.1) is 30.6 Å². The van der Waals surface area contributed by atoms with Crippen molar-refractivity contribution in [3.05, 3.63) is 60.2 Å². The number of amides is 1. The maximum atomic E-state index is 12.5. The average molecular weight is 353 g/mol. The van der Waals surface area contributed by atoms with Crippen molar-refractivity contribution in [2.24, 2.45) is 0 Å². The van der Waals surface area contributed by atoms with Gasteiger partial charge in [-0.25, -0.2) is 0 Å². The van der Waals surface area contributed by atoms with Crippen LogP contribution in [0.15, 0.2) is 48.8 Å². The molecule has 1 spiro atoms. The van der Waals surface area contributed by atoms with Gasteiger partial charge in [0, 0.05) is 31.9 Å². The second-order valence-electron chi connectivity index (χ2n) is 6.96. The minimum absolute atomic E-state index is 0.00130. The molecule has 2 aliphatic rings. The Kier molecular flexibility index (Phi) is 4.95. The fourth-order valence-corrected chi connectivity index (χ4v) is 3.71. The summed E-state index contributed by atoms with van der Waals surface area (Å²) >= 11 is 0. The summed E-state index contributed by atoms with van der Waals surface area (Å²) in [7, 11) is 0. The Morgan fingerprint density at radius 2 is 1.92 bits per heavy atom. The monoisotopic (exact) mass is 353 g/mol. The maximum absolute atomic E-state index is 12.5. The van der Waals surface area contributed by atoms with Crippen molar-refractivity contribution < 1.29 is 14.3 Å². The molecular weight excluding hydrogens is 330 g/mol. The topological polar surface area (TPSA) is 64.6 Å². The largest absolute Gasteiger partial charge is 0.372 e. The molecule has 2 saturated heterocycles. The molecule has 0 aromatic carbocycles. The number of pyridine rings is 2. The number of piperidine rings is 1. The van der Waals surface area contributed by atoms with Gasteiger partial charge in [-0.05, 0) is 37.1 Å². The Hall–Kier alpha value is -2.31. The Morgan fingerprint density at radius 3 is 2.62 bits per heavy atom. The number of nitrogens with zero attached hydrogens (tertiary/aromatic N) is 3. The smallest absolute Gasteiger partial charge is 0.272 e. The van der Waals surface area contributed by atoms with Gasteiger partial charge in [-0.2, -0.15) is 0 Å². The number of carbonyl (C=O) groups is 1. The lowest BCUT2D eigenvalue weighted by Crippen LogP contribution is -2.46. The first-order valence-corrected chi connectivity index (χ1v) is 9.10. The van der Waals surface area contributed by atoms with E-state index in [1.165, 1.54) is 0 Å². The number of hydrogen-bond donors (Lipinski definition) is 0. The van der Waals surface area contributed by atoms with Crippen LogP contribution < -0.4 is 0 Å². The molecule has 6 nitrogen and oxygen atoms in total. The lowest BCUT2D eigenvalue weighted by molar-refractivity contribution is -0.0413. The van der Waals surface area contributed by atoms with E-state index < -0.39 is 0 Å². The summed E-state index contributed by atoms with van der Waals surface area (Å²) < 4.78 is 12.1. The van der Waals surface area contributed by atoms with Gasteiger partial charge in [-0.15, -0.1) is 0 Å².